The lowest BCUT2D eigenvalue weighted by Crippen LogP contribution is -2.15. The lowest BCUT2D eigenvalue weighted by molar-refractivity contribution is -0.144. The number of aromatic amines is 1. The molecule has 1 aromatic heterocycles. The molecule has 7 heteroatoms. The molecule has 0 amide bonds. The van der Waals surface area contributed by atoms with Gasteiger partial charge in [-0.25, -0.2) is 9.49 Å². The summed E-state index contributed by atoms with van der Waals surface area (Å²) in [5.41, 5.74) is 0.169. The van der Waals surface area contributed by atoms with Crippen molar-refractivity contribution in [2.75, 3.05) is 0 Å². The molecule has 0 bridgehead atoms. The van der Waals surface area contributed by atoms with E-state index in [4.69, 9.17) is 16.3 Å². The monoisotopic (exact) mass is 346 g/mol. The van der Waals surface area contributed by atoms with Crippen molar-refractivity contribution in [1.29, 1.82) is 0 Å². The van der Waals surface area contributed by atoms with Crippen molar-refractivity contribution < 1.29 is 13.9 Å². The van der Waals surface area contributed by atoms with E-state index in [1.165, 1.54) is 18.2 Å². The quantitative estimate of drug-likeness (QED) is 0.737. The summed E-state index contributed by atoms with van der Waals surface area (Å²) in [5.74, 6) is -1.14. The second-order valence-corrected chi connectivity index (χ2v) is 5.49. The summed E-state index contributed by atoms with van der Waals surface area (Å²) in [6.45, 7) is -0.272. The Morgan fingerprint density at radius 3 is 2.67 bits per heavy atom. The van der Waals surface area contributed by atoms with Gasteiger partial charge in [0.1, 0.15) is 12.4 Å². The Morgan fingerprint density at radius 2 is 1.92 bits per heavy atom. The molecule has 0 atom stereocenters. The first-order chi connectivity index (χ1) is 11.6. The molecule has 0 saturated heterocycles. The SMILES string of the molecule is O=C(Cc1n[nH]c(=O)c2ccccc12)OCc1c(F)cccc1Cl. The van der Waals surface area contributed by atoms with Crippen LogP contribution in [-0.2, 0) is 22.6 Å². The van der Waals surface area contributed by atoms with E-state index in [0.717, 1.165) is 0 Å². The number of esters is 1. The molecule has 3 rings (SSSR count). The average Bonchev–Trinajstić information content (AvgIpc) is 2.57. The third-order valence-electron chi connectivity index (χ3n) is 3.53. The van der Waals surface area contributed by atoms with Crippen molar-refractivity contribution in [2.45, 2.75) is 13.0 Å². The number of halogens is 2. The fourth-order valence-electron chi connectivity index (χ4n) is 2.32. The normalized spacial score (nSPS) is 10.8. The summed E-state index contributed by atoms with van der Waals surface area (Å²) >= 11 is 5.89. The van der Waals surface area contributed by atoms with Crippen molar-refractivity contribution in [1.82, 2.24) is 10.2 Å². The van der Waals surface area contributed by atoms with E-state index < -0.39 is 11.8 Å². The number of aromatic nitrogens is 2. The maximum atomic E-state index is 13.7. The van der Waals surface area contributed by atoms with Crippen LogP contribution in [0.3, 0.4) is 0 Å². The van der Waals surface area contributed by atoms with Gasteiger partial charge >= 0.3 is 5.97 Å². The molecule has 0 aliphatic heterocycles. The highest BCUT2D eigenvalue weighted by Gasteiger charge is 2.14. The molecule has 2 aromatic carbocycles. The second-order valence-electron chi connectivity index (χ2n) is 5.08. The van der Waals surface area contributed by atoms with Crippen LogP contribution in [-0.4, -0.2) is 16.2 Å². The first-order valence-corrected chi connectivity index (χ1v) is 7.49. The molecule has 24 heavy (non-hydrogen) atoms. The van der Waals surface area contributed by atoms with Gasteiger partial charge in [-0.05, 0) is 18.2 Å². The van der Waals surface area contributed by atoms with Crippen LogP contribution in [0.15, 0.2) is 47.3 Å². The molecule has 0 aliphatic rings. The van der Waals surface area contributed by atoms with Crippen molar-refractivity contribution in [3.05, 3.63) is 74.9 Å². The van der Waals surface area contributed by atoms with Gasteiger partial charge in [-0.3, -0.25) is 9.59 Å². The molecule has 0 radical (unpaired) electrons. The average molecular weight is 347 g/mol. The van der Waals surface area contributed by atoms with Crippen LogP contribution in [0.25, 0.3) is 10.8 Å². The summed E-state index contributed by atoms with van der Waals surface area (Å²) in [6, 6.07) is 11.0. The Labute approximate surface area is 141 Å². The predicted octanol–water partition coefficient (Wildman–Crippen LogP) is 3.00. The van der Waals surface area contributed by atoms with Gasteiger partial charge in [0.15, 0.2) is 0 Å². The van der Waals surface area contributed by atoms with Crippen molar-refractivity contribution in [2.24, 2.45) is 0 Å². The molecule has 0 fully saturated rings. The first kappa shape index (κ1) is 16.1. The number of carbonyl (C=O) groups excluding carboxylic acids is 1. The van der Waals surface area contributed by atoms with Crippen molar-refractivity contribution in [3.63, 3.8) is 0 Å². The van der Waals surface area contributed by atoms with Gasteiger partial charge in [0.25, 0.3) is 5.56 Å². The van der Waals surface area contributed by atoms with E-state index in [1.54, 1.807) is 24.3 Å². The van der Waals surface area contributed by atoms with Crippen LogP contribution in [0.4, 0.5) is 4.39 Å². The largest absolute Gasteiger partial charge is 0.460 e. The van der Waals surface area contributed by atoms with E-state index in [0.29, 0.717) is 16.5 Å². The van der Waals surface area contributed by atoms with Gasteiger partial charge in [0.05, 0.1) is 22.5 Å². The van der Waals surface area contributed by atoms with E-state index in [1.807, 2.05) is 0 Å². The third-order valence-corrected chi connectivity index (χ3v) is 3.88. The van der Waals surface area contributed by atoms with Crippen LogP contribution in [0.1, 0.15) is 11.3 Å². The van der Waals surface area contributed by atoms with Gasteiger partial charge in [-0.2, -0.15) is 5.10 Å². The van der Waals surface area contributed by atoms with Crippen LogP contribution in [0.5, 0.6) is 0 Å². The molecular formula is C17H12ClFN2O3. The molecule has 0 aliphatic carbocycles. The molecular weight excluding hydrogens is 335 g/mol. The minimum absolute atomic E-state index is 0.117. The van der Waals surface area contributed by atoms with Gasteiger partial charge < -0.3 is 4.74 Å². The van der Waals surface area contributed by atoms with E-state index >= 15 is 0 Å². The highest BCUT2D eigenvalue weighted by atomic mass is 35.5. The Balaban J connectivity index is 1.76. The number of benzene rings is 2. The summed E-state index contributed by atoms with van der Waals surface area (Å²) in [7, 11) is 0. The van der Waals surface area contributed by atoms with E-state index in [9.17, 15) is 14.0 Å². The second kappa shape index (κ2) is 6.80. The van der Waals surface area contributed by atoms with Gasteiger partial charge in [0.2, 0.25) is 0 Å². The molecule has 0 spiro atoms. The minimum Gasteiger partial charge on any atom is -0.460 e. The number of fused-ring (bicyclic) bond motifs is 1. The Hall–Kier alpha value is -2.73. The standard InChI is InChI=1S/C17H12ClFN2O3/c18-13-6-3-7-14(19)12(13)9-24-16(22)8-15-10-4-1-2-5-11(10)17(23)21-20-15/h1-7H,8-9H2,(H,21,23). The molecule has 1 heterocycles. The Morgan fingerprint density at radius 1 is 1.17 bits per heavy atom. The first-order valence-electron chi connectivity index (χ1n) is 7.11. The number of hydrogen-bond donors (Lipinski definition) is 1. The number of ether oxygens (including phenoxy) is 1. The zero-order chi connectivity index (χ0) is 17.1. The zero-order valence-electron chi connectivity index (χ0n) is 12.4. The third kappa shape index (κ3) is 3.28. The van der Waals surface area contributed by atoms with Crippen LogP contribution in [0, 0.1) is 5.82 Å². The molecule has 122 valence electrons. The number of hydrogen-bond acceptors (Lipinski definition) is 4. The van der Waals surface area contributed by atoms with Gasteiger partial charge in [-0.1, -0.05) is 35.9 Å². The summed E-state index contributed by atoms with van der Waals surface area (Å²) < 4.78 is 18.7. The lowest BCUT2D eigenvalue weighted by Gasteiger charge is -2.08. The highest BCUT2D eigenvalue weighted by Crippen LogP contribution is 2.20. The molecule has 5 nitrogen and oxygen atoms in total. The molecule has 0 saturated carbocycles. The van der Waals surface area contributed by atoms with Crippen LogP contribution >= 0.6 is 11.6 Å². The number of H-pyrrole nitrogens is 1. The number of carbonyl (C=O) groups is 1. The highest BCUT2D eigenvalue weighted by molar-refractivity contribution is 6.31. The van der Waals surface area contributed by atoms with E-state index in [-0.39, 0.29) is 29.2 Å². The van der Waals surface area contributed by atoms with Crippen molar-refractivity contribution in [3.8, 4) is 0 Å². The maximum Gasteiger partial charge on any atom is 0.312 e. The number of rotatable bonds is 4. The van der Waals surface area contributed by atoms with Crippen LogP contribution < -0.4 is 5.56 Å². The van der Waals surface area contributed by atoms with Gasteiger partial charge in [0, 0.05) is 10.9 Å². The number of nitrogens with one attached hydrogen (secondary N) is 1. The summed E-state index contributed by atoms with van der Waals surface area (Å²) in [5, 5.41) is 7.44. The Bertz CT molecular complexity index is 951. The van der Waals surface area contributed by atoms with Gasteiger partial charge in [-0.15, -0.1) is 0 Å². The van der Waals surface area contributed by atoms with Crippen LogP contribution in [0.2, 0.25) is 5.02 Å². The fraction of sp³-hybridized carbons (Fsp3) is 0.118. The van der Waals surface area contributed by atoms with E-state index in [2.05, 4.69) is 10.2 Å². The summed E-state index contributed by atoms with van der Waals surface area (Å²) in [4.78, 5) is 23.7. The maximum absolute atomic E-state index is 13.7. The van der Waals surface area contributed by atoms with Crippen molar-refractivity contribution >= 4 is 28.3 Å². The molecule has 1 N–H and O–H groups in total. The zero-order valence-corrected chi connectivity index (χ0v) is 13.1. The number of nitrogens with zero attached hydrogens (tertiary/aromatic N) is 1. The minimum atomic E-state index is -0.598. The smallest absolute Gasteiger partial charge is 0.312 e. The molecule has 3 aromatic rings. The summed E-state index contributed by atoms with van der Waals surface area (Å²) in [6.07, 6.45) is -0.149. The predicted molar refractivity (Wildman–Crippen MR) is 87.3 cm³/mol. The molecule has 0 unspecified atom stereocenters. The topological polar surface area (TPSA) is 72.0 Å². The Kier molecular flexibility index (Phi) is 4.57. The lowest BCUT2D eigenvalue weighted by atomic mass is 10.1. The fourth-order valence-corrected chi connectivity index (χ4v) is 2.53.